The molecule has 0 bridgehead atoms. The van der Waals surface area contributed by atoms with Crippen LogP contribution in [-0.4, -0.2) is 79.5 Å². The largest absolute Gasteiger partial charge is 0.379 e. The van der Waals surface area contributed by atoms with Crippen LogP contribution in [0.25, 0.3) is 0 Å². The third-order valence-electron chi connectivity index (χ3n) is 5.60. The second-order valence-corrected chi connectivity index (χ2v) is 9.74. The summed E-state index contributed by atoms with van der Waals surface area (Å²) in [5, 5.41) is 8.14. The van der Waals surface area contributed by atoms with Crippen molar-refractivity contribution in [1.82, 2.24) is 15.5 Å². The first-order valence-corrected chi connectivity index (χ1v) is 13.9. The van der Waals surface area contributed by atoms with Gasteiger partial charge in [0.15, 0.2) is 0 Å². The summed E-state index contributed by atoms with van der Waals surface area (Å²) in [6, 6.07) is 5.85. The number of amides is 5. The number of carbonyl (C=O) groups excluding carboxylic acids is 5. The first kappa shape index (κ1) is 31.4. The van der Waals surface area contributed by atoms with Gasteiger partial charge >= 0.3 is 0 Å². The summed E-state index contributed by atoms with van der Waals surface area (Å²) >= 11 is 2.26. The van der Waals surface area contributed by atoms with E-state index in [0.29, 0.717) is 5.69 Å². The van der Waals surface area contributed by atoms with E-state index < -0.39 is 18.0 Å². The molecular formula is C26H35IN4O7. The number of carbonyl (C=O) groups is 5. The fraction of sp³-hybridized carbons (Fsp3) is 0.500. The molecule has 1 aliphatic heterocycles. The lowest BCUT2D eigenvalue weighted by Gasteiger charge is -2.24. The summed E-state index contributed by atoms with van der Waals surface area (Å²) in [4.78, 5) is 61.6. The summed E-state index contributed by atoms with van der Waals surface area (Å²) in [6.45, 7) is 6.14. The van der Waals surface area contributed by atoms with E-state index in [1.807, 2.05) is 24.3 Å². The molecule has 0 radical (unpaired) electrons. The third kappa shape index (κ3) is 10.5. The Bertz CT molecular complexity index is 995. The second kappa shape index (κ2) is 16.2. The maximum absolute atomic E-state index is 12.8. The van der Waals surface area contributed by atoms with Gasteiger partial charge in [-0.05, 0) is 30.5 Å². The van der Waals surface area contributed by atoms with Crippen LogP contribution in [0.5, 0.6) is 0 Å². The monoisotopic (exact) mass is 642 g/mol. The summed E-state index contributed by atoms with van der Waals surface area (Å²) in [5.74, 6) is -2.08. The topological polar surface area (TPSA) is 143 Å². The van der Waals surface area contributed by atoms with Crippen LogP contribution in [0.1, 0.15) is 32.8 Å². The Morgan fingerprint density at radius 2 is 1.47 bits per heavy atom. The lowest BCUT2D eigenvalue weighted by Crippen LogP contribution is -2.53. The number of benzene rings is 1. The van der Waals surface area contributed by atoms with Crippen LogP contribution in [0.4, 0.5) is 5.69 Å². The molecule has 0 unspecified atom stereocenters. The van der Waals surface area contributed by atoms with Crippen LogP contribution < -0.4 is 16.0 Å². The number of ether oxygens (including phenoxy) is 2. The lowest BCUT2D eigenvalue weighted by atomic mass is 10.0. The van der Waals surface area contributed by atoms with E-state index in [0.717, 1.165) is 14.9 Å². The zero-order valence-corrected chi connectivity index (χ0v) is 24.0. The average molecular weight is 642 g/mol. The van der Waals surface area contributed by atoms with Crippen molar-refractivity contribution in [2.24, 2.45) is 5.92 Å². The summed E-state index contributed by atoms with van der Waals surface area (Å²) < 4.78 is 11.6. The van der Waals surface area contributed by atoms with Crippen LogP contribution in [0, 0.1) is 5.92 Å². The first-order valence-electron chi connectivity index (χ1n) is 12.4. The normalized spacial score (nSPS) is 14.5. The maximum atomic E-state index is 12.8. The molecule has 0 saturated heterocycles. The van der Waals surface area contributed by atoms with Crippen LogP contribution in [0.15, 0.2) is 36.4 Å². The Labute approximate surface area is 236 Å². The van der Waals surface area contributed by atoms with Crippen molar-refractivity contribution in [1.29, 1.82) is 0 Å². The highest BCUT2D eigenvalue weighted by molar-refractivity contribution is 14.1. The van der Waals surface area contributed by atoms with Gasteiger partial charge in [0.05, 0.1) is 33.0 Å². The van der Waals surface area contributed by atoms with E-state index in [1.165, 1.54) is 12.2 Å². The molecule has 2 rings (SSSR count). The van der Waals surface area contributed by atoms with Crippen LogP contribution >= 0.6 is 22.6 Å². The van der Waals surface area contributed by atoms with Gasteiger partial charge in [-0.15, -0.1) is 0 Å². The predicted octanol–water partition coefficient (Wildman–Crippen LogP) is 1.55. The van der Waals surface area contributed by atoms with E-state index in [9.17, 15) is 24.0 Å². The number of imide groups is 1. The SMILES string of the molecule is CC(C)[C@H](NC(=O)CCOCCOCCN1C(=O)C=CC1=O)C(=O)N[C@@H](C)C(=O)Nc1ccc(CI)cc1. The standard InChI is InChI=1S/C26H35IN4O7/c1-17(2)24(26(36)28-18(3)25(35)29-20-6-4-19(16-27)5-7-20)30-21(32)10-12-37-14-15-38-13-11-31-22(33)8-9-23(31)34/h4-9,17-18,24H,10-16H2,1-3H3,(H,28,36)(H,29,35)(H,30,32)/t18-,24-/m0/s1. The Morgan fingerprint density at radius 1 is 0.868 bits per heavy atom. The number of nitrogens with one attached hydrogen (secondary N) is 3. The minimum atomic E-state index is -0.811. The van der Waals surface area contributed by atoms with E-state index in [4.69, 9.17) is 9.47 Å². The van der Waals surface area contributed by atoms with E-state index in [2.05, 4.69) is 38.5 Å². The Balaban J connectivity index is 1.65. The third-order valence-corrected chi connectivity index (χ3v) is 6.48. The lowest BCUT2D eigenvalue weighted by molar-refractivity contribution is -0.137. The first-order chi connectivity index (χ1) is 18.1. The van der Waals surface area contributed by atoms with Crippen molar-refractivity contribution < 1.29 is 33.4 Å². The van der Waals surface area contributed by atoms with E-state index in [-0.39, 0.29) is 68.9 Å². The molecular weight excluding hydrogens is 607 g/mol. The molecule has 0 saturated carbocycles. The van der Waals surface area contributed by atoms with Crippen LogP contribution in [0.2, 0.25) is 0 Å². The highest BCUT2D eigenvalue weighted by Gasteiger charge is 2.27. The number of alkyl halides is 1. The van der Waals surface area contributed by atoms with Gasteiger partial charge in [-0.25, -0.2) is 0 Å². The minimum Gasteiger partial charge on any atom is -0.379 e. The number of hydrogen-bond donors (Lipinski definition) is 3. The Morgan fingerprint density at radius 3 is 2.05 bits per heavy atom. The molecule has 5 amide bonds. The molecule has 38 heavy (non-hydrogen) atoms. The molecule has 0 fully saturated rings. The van der Waals surface area contributed by atoms with Crippen molar-refractivity contribution in [2.75, 3.05) is 38.3 Å². The quantitative estimate of drug-likeness (QED) is 0.108. The number of nitrogens with zero attached hydrogens (tertiary/aromatic N) is 1. The van der Waals surface area contributed by atoms with E-state index in [1.54, 1.807) is 20.8 Å². The number of hydrogen-bond acceptors (Lipinski definition) is 7. The number of anilines is 1. The maximum Gasteiger partial charge on any atom is 0.253 e. The molecule has 208 valence electrons. The molecule has 1 heterocycles. The summed E-state index contributed by atoms with van der Waals surface area (Å²) in [7, 11) is 0. The van der Waals surface area contributed by atoms with Gasteiger partial charge in [0.25, 0.3) is 11.8 Å². The fourth-order valence-corrected chi connectivity index (χ4v) is 3.88. The summed E-state index contributed by atoms with van der Waals surface area (Å²) in [5.41, 5.74) is 1.78. The molecule has 3 N–H and O–H groups in total. The molecule has 0 aliphatic carbocycles. The Hall–Kier alpha value is -2.84. The molecule has 0 aromatic heterocycles. The van der Waals surface area contributed by atoms with Gasteiger partial charge in [0.2, 0.25) is 17.7 Å². The van der Waals surface area contributed by atoms with Gasteiger partial charge in [0, 0.05) is 28.7 Å². The predicted molar refractivity (Wildman–Crippen MR) is 149 cm³/mol. The Kier molecular flexibility index (Phi) is 13.4. The molecule has 1 aromatic carbocycles. The van der Waals surface area contributed by atoms with Gasteiger partial charge in [-0.2, -0.15) is 0 Å². The van der Waals surface area contributed by atoms with Gasteiger partial charge in [0.1, 0.15) is 12.1 Å². The fourth-order valence-electron chi connectivity index (χ4n) is 3.37. The van der Waals surface area contributed by atoms with Crippen LogP contribution in [-0.2, 0) is 37.9 Å². The molecule has 1 aliphatic rings. The van der Waals surface area contributed by atoms with Crippen molar-refractivity contribution in [2.45, 2.75) is 43.7 Å². The minimum absolute atomic E-state index is 0.0439. The smallest absolute Gasteiger partial charge is 0.253 e. The molecule has 1 aromatic rings. The molecule has 0 spiro atoms. The van der Waals surface area contributed by atoms with Gasteiger partial charge in [-0.1, -0.05) is 48.6 Å². The zero-order chi connectivity index (χ0) is 28.1. The average Bonchev–Trinajstić information content (AvgIpc) is 3.21. The second-order valence-electron chi connectivity index (χ2n) is 8.98. The zero-order valence-electron chi connectivity index (χ0n) is 21.8. The number of rotatable bonds is 16. The van der Waals surface area contributed by atoms with Crippen molar-refractivity contribution in [3.63, 3.8) is 0 Å². The van der Waals surface area contributed by atoms with Crippen molar-refractivity contribution >= 4 is 57.8 Å². The van der Waals surface area contributed by atoms with Crippen molar-refractivity contribution in [3.05, 3.63) is 42.0 Å². The molecule has 12 heteroatoms. The molecule has 11 nitrogen and oxygen atoms in total. The van der Waals surface area contributed by atoms with Crippen LogP contribution in [0.3, 0.4) is 0 Å². The number of halogens is 1. The van der Waals surface area contributed by atoms with Gasteiger partial charge < -0.3 is 25.4 Å². The molecule has 2 atom stereocenters. The van der Waals surface area contributed by atoms with Crippen molar-refractivity contribution in [3.8, 4) is 0 Å². The highest BCUT2D eigenvalue weighted by Crippen LogP contribution is 2.12. The summed E-state index contributed by atoms with van der Waals surface area (Å²) in [6.07, 6.45) is 2.48. The van der Waals surface area contributed by atoms with Gasteiger partial charge in [-0.3, -0.25) is 28.9 Å². The highest BCUT2D eigenvalue weighted by atomic mass is 127. The van der Waals surface area contributed by atoms with E-state index >= 15 is 0 Å².